The Kier molecular flexibility index (Phi) is 8.83. The van der Waals surface area contributed by atoms with Crippen molar-refractivity contribution in [2.75, 3.05) is 18.2 Å². The number of halogens is 2. The summed E-state index contributed by atoms with van der Waals surface area (Å²) in [4.78, 5) is 9.41. The summed E-state index contributed by atoms with van der Waals surface area (Å²) in [7, 11) is 1.49. The lowest BCUT2D eigenvalue weighted by atomic mass is 10.1. The van der Waals surface area contributed by atoms with Crippen LogP contribution < -0.4 is 15.8 Å². The molecule has 12 heteroatoms. The molecule has 1 aliphatic carbocycles. The van der Waals surface area contributed by atoms with Crippen molar-refractivity contribution >= 4 is 44.8 Å². The number of nitrogens with two attached hydrogens (primary N) is 1. The lowest BCUT2D eigenvalue weighted by Crippen LogP contribution is -2.03. The summed E-state index contributed by atoms with van der Waals surface area (Å²) in [6, 6.07) is 11.6. The number of aromatic hydroxyl groups is 1. The number of ether oxygens (including phenoxy) is 1. The van der Waals surface area contributed by atoms with Crippen molar-refractivity contribution in [3.05, 3.63) is 75.5 Å². The summed E-state index contributed by atoms with van der Waals surface area (Å²) in [5, 5.41) is 13.8. The molecule has 2 aromatic heterocycles. The van der Waals surface area contributed by atoms with Gasteiger partial charge in [0.1, 0.15) is 10.8 Å². The molecule has 2 aromatic carbocycles. The third-order valence-corrected chi connectivity index (χ3v) is 7.86. The number of nitrogens with zero attached hydrogens (tertiary/aromatic N) is 2. The van der Waals surface area contributed by atoms with Gasteiger partial charge in [-0.3, -0.25) is 4.21 Å². The van der Waals surface area contributed by atoms with E-state index in [0.29, 0.717) is 40.2 Å². The monoisotopic (exact) mass is 575 g/mol. The molecule has 0 radical (unpaired) electrons. The van der Waals surface area contributed by atoms with Crippen LogP contribution in [0.5, 0.6) is 11.5 Å². The van der Waals surface area contributed by atoms with Gasteiger partial charge < -0.3 is 25.4 Å². The smallest absolute Gasteiger partial charge is 0.180 e. The van der Waals surface area contributed by atoms with Gasteiger partial charge in [0, 0.05) is 22.5 Å². The molecule has 8 nitrogen and oxygen atoms in total. The number of hydrogen-bond acceptors (Lipinski definition) is 9. The first-order valence-corrected chi connectivity index (χ1v) is 13.8. The van der Waals surface area contributed by atoms with Crippen molar-refractivity contribution in [3.63, 3.8) is 0 Å². The number of thiazole rings is 1. The maximum atomic E-state index is 13.1. The molecule has 4 N–H and O–H groups in total. The lowest BCUT2D eigenvalue weighted by Gasteiger charge is -2.12. The predicted molar refractivity (Wildman–Crippen MR) is 147 cm³/mol. The van der Waals surface area contributed by atoms with Gasteiger partial charge in [0.05, 0.1) is 29.7 Å². The van der Waals surface area contributed by atoms with Crippen LogP contribution in [0, 0.1) is 12.7 Å². The molecule has 1 atom stereocenters. The first kappa shape index (κ1) is 27.8. The SMILES string of the molecule is COc1cccc(CNc2cnc(S(=O)[O-])c(C)c2)c1O.Nc1nc(-c2ccc(F)c(Cl)c2)c(C2CC2)s1. The molecule has 2 heterocycles. The van der Waals surface area contributed by atoms with Gasteiger partial charge in [-0.25, -0.2) is 14.4 Å². The maximum Gasteiger partial charge on any atom is 0.180 e. The van der Waals surface area contributed by atoms with Gasteiger partial charge in [-0.05, 0) is 72.7 Å². The van der Waals surface area contributed by atoms with E-state index in [9.17, 15) is 18.3 Å². The number of para-hydroxylation sites is 1. The fourth-order valence-electron chi connectivity index (χ4n) is 3.73. The van der Waals surface area contributed by atoms with Gasteiger partial charge in [0.25, 0.3) is 0 Å². The summed E-state index contributed by atoms with van der Waals surface area (Å²) in [6.07, 6.45) is 3.81. The van der Waals surface area contributed by atoms with Crippen LogP contribution in [0.4, 0.5) is 15.2 Å². The van der Waals surface area contributed by atoms with Gasteiger partial charge >= 0.3 is 0 Å². The Balaban J connectivity index is 0.000000180. The van der Waals surface area contributed by atoms with Crippen LogP contribution in [0.2, 0.25) is 5.02 Å². The average molecular weight is 576 g/mol. The van der Waals surface area contributed by atoms with E-state index in [4.69, 9.17) is 22.1 Å². The maximum absolute atomic E-state index is 13.1. The number of hydrogen-bond donors (Lipinski definition) is 3. The second kappa shape index (κ2) is 12.1. The molecule has 1 unspecified atom stereocenters. The van der Waals surface area contributed by atoms with Crippen molar-refractivity contribution in [1.82, 2.24) is 9.97 Å². The quantitative estimate of drug-likeness (QED) is 0.228. The topological polar surface area (TPSA) is 133 Å². The van der Waals surface area contributed by atoms with E-state index in [1.165, 1.54) is 48.4 Å². The summed E-state index contributed by atoms with van der Waals surface area (Å²) in [6.45, 7) is 2.04. The number of methoxy groups -OCH3 is 1. The highest BCUT2D eigenvalue weighted by Crippen LogP contribution is 2.48. The molecular weight excluding hydrogens is 551 g/mol. The molecule has 1 aliphatic rings. The van der Waals surface area contributed by atoms with E-state index >= 15 is 0 Å². The first-order valence-electron chi connectivity index (χ1n) is 11.5. The molecule has 0 bridgehead atoms. The second-order valence-electron chi connectivity index (χ2n) is 8.57. The number of anilines is 2. The number of aromatic nitrogens is 2. The van der Waals surface area contributed by atoms with Crippen LogP contribution >= 0.6 is 22.9 Å². The van der Waals surface area contributed by atoms with Gasteiger partial charge in [0.15, 0.2) is 16.6 Å². The van der Waals surface area contributed by atoms with Crippen molar-refractivity contribution < 1.29 is 23.0 Å². The summed E-state index contributed by atoms with van der Waals surface area (Å²) in [5.74, 6) is 0.644. The first-order chi connectivity index (χ1) is 18.2. The van der Waals surface area contributed by atoms with Crippen molar-refractivity contribution in [3.8, 4) is 22.8 Å². The molecule has 5 rings (SSSR count). The van der Waals surface area contributed by atoms with Crippen LogP contribution in [0.3, 0.4) is 0 Å². The molecule has 0 aliphatic heterocycles. The Morgan fingerprint density at radius 2 is 2.08 bits per heavy atom. The molecule has 0 amide bonds. The largest absolute Gasteiger partial charge is 0.767 e. The Morgan fingerprint density at radius 3 is 2.71 bits per heavy atom. The highest BCUT2D eigenvalue weighted by atomic mass is 35.5. The van der Waals surface area contributed by atoms with E-state index in [-0.39, 0.29) is 15.8 Å². The molecule has 4 aromatic rings. The Labute approximate surface area is 231 Å². The van der Waals surface area contributed by atoms with Crippen molar-refractivity contribution in [2.24, 2.45) is 0 Å². The number of nitrogens with one attached hydrogen (secondary N) is 1. The Bertz CT molecular complexity index is 1480. The molecule has 38 heavy (non-hydrogen) atoms. The molecule has 1 fully saturated rings. The summed E-state index contributed by atoms with van der Waals surface area (Å²) in [5.41, 5.74) is 9.35. The zero-order valence-electron chi connectivity index (χ0n) is 20.5. The third-order valence-electron chi connectivity index (χ3n) is 5.78. The van der Waals surface area contributed by atoms with Gasteiger partial charge in [-0.1, -0.05) is 23.7 Å². The molecule has 200 valence electrons. The summed E-state index contributed by atoms with van der Waals surface area (Å²) < 4.78 is 40.0. The summed E-state index contributed by atoms with van der Waals surface area (Å²) >= 11 is 4.96. The Hall–Kier alpha value is -3.25. The fraction of sp³-hybridized carbons (Fsp3) is 0.231. The molecule has 1 saturated carbocycles. The number of rotatable bonds is 7. The molecular formula is C26H25ClFN4O4S2-. The third kappa shape index (κ3) is 6.60. The second-order valence-corrected chi connectivity index (χ2v) is 10.9. The zero-order chi connectivity index (χ0) is 27.4. The zero-order valence-corrected chi connectivity index (χ0v) is 22.9. The normalized spacial score (nSPS) is 13.4. The average Bonchev–Trinajstić information content (AvgIpc) is 3.66. The van der Waals surface area contributed by atoms with Crippen LogP contribution in [-0.2, 0) is 17.6 Å². The van der Waals surface area contributed by atoms with E-state index in [1.807, 2.05) is 0 Å². The number of benzene rings is 2. The minimum absolute atomic E-state index is 0.0322. The minimum atomic E-state index is -2.34. The minimum Gasteiger partial charge on any atom is -0.767 e. The van der Waals surface area contributed by atoms with Crippen LogP contribution in [-0.4, -0.2) is 30.9 Å². The standard InChI is InChI=1S/C14H16N2O4S.C12H10ClFN2S/c1-9-6-11(8-16-14(9)21(18)19)15-7-10-4-3-5-12(20-2)13(10)17;13-8-5-7(3-4-9(8)14)10-11(6-1-2-6)17-12(15)16-10/h3-6,8,15,17H,7H2,1-2H3,(H,18,19);3-6H,1-2H2,(H2,15,16)/p-1. The van der Waals surface area contributed by atoms with Crippen molar-refractivity contribution in [1.29, 1.82) is 0 Å². The lowest BCUT2D eigenvalue weighted by molar-refractivity contribution is 0.371. The molecule has 0 spiro atoms. The number of pyridine rings is 1. The van der Waals surface area contributed by atoms with E-state index in [2.05, 4.69) is 15.3 Å². The number of nitrogen functional groups attached to an aromatic ring is 1. The van der Waals surface area contributed by atoms with E-state index in [0.717, 1.165) is 11.3 Å². The highest BCUT2D eigenvalue weighted by Gasteiger charge is 2.29. The van der Waals surface area contributed by atoms with E-state index in [1.54, 1.807) is 43.3 Å². The highest BCUT2D eigenvalue weighted by molar-refractivity contribution is 7.79. The Morgan fingerprint density at radius 1 is 1.32 bits per heavy atom. The number of aryl methyl sites for hydroxylation is 1. The predicted octanol–water partition coefficient (Wildman–Crippen LogP) is 6.02. The molecule has 0 saturated heterocycles. The van der Waals surface area contributed by atoms with Crippen LogP contribution in [0.15, 0.2) is 53.7 Å². The number of phenolic OH excluding ortho intramolecular Hbond substituents is 1. The fourth-order valence-corrected chi connectivity index (χ4v) is 5.39. The van der Waals surface area contributed by atoms with Crippen LogP contribution in [0.25, 0.3) is 11.3 Å². The number of phenols is 1. The van der Waals surface area contributed by atoms with Gasteiger partial charge in [-0.2, -0.15) is 0 Å². The van der Waals surface area contributed by atoms with Gasteiger partial charge in [-0.15, -0.1) is 11.3 Å². The van der Waals surface area contributed by atoms with Crippen molar-refractivity contribution in [2.45, 2.75) is 37.3 Å². The van der Waals surface area contributed by atoms with E-state index < -0.39 is 16.9 Å². The van der Waals surface area contributed by atoms with Gasteiger partial charge in [0.2, 0.25) is 0 Å². The van der Waals surface area contributed by atoms with Crippen LogP contribution in [0.1, 0.15) is 34.8 Å².